The maximum Gasteiger partial charge on any atom is 0.340 e. The molecule has 2 aromatic carbocycles. The van der Waals surface area contributed by atoms with Crippen molar-refractivity contribution in [2.45, 2.75) is 31.8 Å². The van der Waals surface area contributed by atoms with Crippen LogP contribution < -0.4 is 15.2 Å². The average molecular weight is 593 g/mol. The lowest BCUT2D eigenvalue weighted by Crippen LogP contribution is -2.31. The Labute approximate surface area is 214 Å². The van der Waals surface area contributed by atoms with E-state index in [1.807, 2.05) is 24.3 Å². The molecule has 0 radical (unpaired) electrons. The van der Waals surface area contributed by atoms with Crippen LogP contribution in [0.2, 0.25) is 0 Å². The molecule has 1 heterocycles. The molecule has 0 unspecified atom stereocenters. The summed E-state index contributed by atoms with van der Waals surface area (Å²) in [5.74, 6) is -0.0882. The Bertz CT molecular complexity index is 1200. The lowest BCUT2D eigenvalue weighted by atomic mass is 9.77. The summed E-state index contributed by atoms with van der Waals surface area (Å²) in [6.07, 6.45) is 1.61. The van der Waals surface area contributed by atoms with Crippen LogP contribution in [0.5, 0.6) is 11.5 Å². The average Bonchev–Trinajstić information content (AvgIpc) is 2.82. The lowest BCUT2D eigenvalue weighted by molar-refractivity contribution is -0.136. The van der Waals surface area contributed by atoms with Gasteiger partial charge in [0.15, 0.2) is 17.3 Å². The number of rotatable bonds is 6. The fraction of sp³-hybridized carbons (Fsp3) is 0.280. The van der Waals surface area contributed by atoms with Crippen molar-refractivity contribution in [3.8, 4) is 11.5 Å². The van der Waals surface area contributed by atoms with E-state index in [-0.39, 0.29) is 17.2 Å². The predicted molar refractivity (Wildman–Crippen MR) is 132 cm³/mol. The zero-order valence-electron chi connectivity index (χ0n) is 18.7. The molecule has 1 atom stereocenters. The lowest BCUT2D eigenvalue weighted by Gasteiger charge is -2.32. The first kappa shape index (κ1) is 24.3. The number of esters is 1. The zero-order valence-corrected chi connectivity index (χ0v) is 21.8. The summed E-state index contributed by atoms with van der Waals surface area (Å²) in [4.78, 5) is 25.6. The van der Waals surface area contributed by atoms with Gasteiger partial charge in [-0.1, -0.05) is 28.1 Å². The van der Waals surface area contributed by atoms with Gasteiger partial charge in [0.05, 0.1) is 24.6 Å². The number of nitrogens with two attached hydrogens (primary N) is 1. The highest BCUT2D eigenvalue weighted by Crippen LogP contribution is 2.47. The molecular weight excluding hydrogens is 570 g/mol. The van der Waals surface area contributed by atoms with Gasteiger partial charge in [0.2, 0.25) is 5.88 Å². The standard InChI is InChI=1S/C25H23Br2NO6/c1-31-19-11-14(10-16(27)23(19)33-12-13-6-8-15(26)9-7-13)20-21-17(29)4-3-5-18(21)34-24(28)22(20)25(30)32-2/h6-11,20H,3-5,12,28H2,1-2H3/t20-/m0/s1. The number of ketones is 1. The molecular formula is C25H23Br2NO6. The monoisotopic (exact) mass is 591 g/mol. The van der Waals surface area contributed by atoms with Crippen molar-refractivity contribution in [1.82, 2.24) is 0 Å². The normalized spacial score (nSPS) is 17.8. The van der Waals surface area contributed by atoms with E-state index >= 15 is 0 Å². The number of benzene rings is 2. The Hall–Kier alpha value is -2.78. The number of carbonyl (C=O) groups is 2. The van der Waals surface area contributed by atoms with Crippen LogP contribution in [0.3, 0.4) is 0 Å². The number of hydrogen-bond donors (Lipinski definition) is 1. The second-order valence-electron chi connectivity index (χ2n) is 7.87. The van der Waals surface area contributed by atoms with Crippen molar-refractivity contribution in [3.63, 3.8) is 0 Å². The van der Waals surface area contributed by atoms with E-state index in [0.29, 0.717) is 58.7 Å². The van der Waals surface area contributed by atoms with Crippen molar-refractivity contribution >= 4 is 43.6 Å². The van der Waals surface area contributed by atoms with Crippen LogP contribution in [-0.4, -0.2) is 26.0 Å². The molecule has 2 N–H and O–H groups in total. The highest BCUT2D eigenvalue weighted by molar-refractivity contribution is 9.10. The first-order chi connectivity index (χ1) is 16.3. The SMILES string of the molecule is COC(=O)C1=C(N)OC2=C(C(=O)CCC2)[C@@H]1c1cc(Br)c(OCc2ccc(Br)cc2)c(OC)c1. The van der Waals surface area contributed by atoms with Crippen LogP contribution >= 0.6 is 31.9 Å². The maximum atomic E-state index is 12.9. The van der Waals surface area contributed by atoms with E-state index in [1.165, 1.54) is 14.2 Å². The van der Waals surface area contributed by atoms with E-state index < -0.39 is 11.9 Å². The van der Waals surface area contributed by atoms with Crippen molar-refractivity contribution in [1.29, 1.82) is 0 Å². The molecule has 2 aromatic rings. The number of methoxy groups -OCH3 is 2. The van der Waals surface area contributed by atoms with Crippen molar-refractivity contribution in [3.05, 3.63) is 79.3 Å². The third-order valence-electron chi connectivity index (χ3n) is 5.77. The number of hydrogen-bond acceptors (Lipinski definition) is 7. The van der Waals surface area contributed by atoms with Gasteiger partial charge in [-0.15, -0.1) is 0 Å². The molecule has 0 saturated heterocycles. The van der Waals surface area contributed by atoms with Gasteiger partial charge in [-0.2, -0.15) is 0 Å². The Balaban J connectivity index is 1.76. The molecule has 0 spiro atoms. The minimum Gasteiger partial charge on any atom is -0.493 e. The topological polar surface area (TPSA) is 97.1 Å². The maximum absolute atomic E-state index is 12.9. The summed E-state index contributed by atoms with van der Waals surface area (Å²) in [6.45, 7) is 0.326. The third-order valence-corrected chi connectivity index (χ3v) is 6.89. The van der Waals surface area contributed by atoms with Gasteiger partial charge < -0.3 is 24.7 Å². The van der Waals surface area contributed by atoms with E-state index in [2.05, 4.69) is 31.9 Å². The van der Waals surface area contributed by atoms with Gasteiger partial charge in [0, 0.05) is 22.9 Å². The number of allylic oxidation sites excluding steroid dienone is 2. The largest absolute Gasteiger partial charge is 0.493 e. The minimum absolute atomic E-state index is 0.0593. The van der Waals surface area contributed by atoms with Crippen molar-refractivity contribution in [2.75, 3.05) is 14.2 Å². The molecule has 9 heteroatoms. The first-order valence-corrected chi connectivity index (χ1v) is 12.2. The first-order valence-electron chi connectivity index (χ1n) is 10.6. The summed E-state index contributed by atoms with van der Waals surface area (Å²) in [6, 6.07) is 11.4. The fourth-order valence-electron chi connectivity index (χ4n) is 4.18. The van der Waals surface area contributed by atoms with E-state index in [0.717, 1.165) is 10.0 Å². The summed E-state index contributed by atoms with van der Waals surface area (Å²) >= 11 is 7.00. The summed E-state index contributed by atoms with van der Waals surface area (Å²) in [5.41, 5.74) is 8.27. The summed E-state index contributed by atoms with van der Waals surface area (Å²) < 4.78 is 23.9. The molecule has 0 amide bonds. The number of Topliss-reactive ketones (excluding diaryl/α,β-unsaturated/α-hetero) is 1. The van der Waals surface area contributed by atoms with E-state index in [4.69, 9.17) is 24.7 Å². The molecule has 0 aromatic heterocycles. The smallest absolute Gasteiger partial charge is 0.340 e. The van der Waals surface area contributed by atoms with Crippen LogP contribution in [0.15, 0.2) is 68.1 Å². The van der Waals surface area contributed by atoms with Crippen molar-refractivity contribution in [2.24, 2.45) is 5.73 Å². The van der Waals surface area contributed by atoms with Crippen LogP contribution in [-0.2, 0) is 25.7 Å². The Morgan fingerprint density at radius 3 is 2.56 bits per heavy atom. The molecule has 0 saturated carbocycles. The molecule has 178 valence electrons. The Morgan fingerprint density at radius 2 is 1.88 bits per heavy atom. The number of halogens is 2. The highest BCUT2D eigenvalue weighted by atomic mass is 79.9. The van der Waals surface area contributed by atoms with E-state index in [9.17, 15) is 9.59 Å². The number of carbonyl (C=O) groups excluding carboxylic acids is 2. The second-order valence-corrected chi connectivity index (χ2v) is 9.64. The quantitative estimate of drug-likeness (QED) is 0.457. The predicted octanol–water partition coefficient (Wildman–Crippen LogP) is 5.26. The highest BCUT2D eigenvalue weighted by Gasteiger charge is 2.41. The molecule has 2 aliphatic rings. The minimum atomic E-state index is -0.741. The molecule has 0 fully saturated rings. The molecule has 4 rings (SSSR count). The molecule has 0 bridgehead atoms. The summed E-state index contributed by atoms with van der Waals surface area (Å²) in [5, 5.41) is 0. The van der Waals surface area contributed by atoms with Gasteiger partial charge in [0.25, 0.3) is 0 Å². The van der Waals surface area contributed by atoms with Crippen LogP contribution in [0.4, 0.5) is 0 Å². The van der Waals surface area contributed by atoms with Gasteiger partial charge >= 0.3 is 5.97 Å². The Morgan fingerprint density at radius 1 is 1.15 bits per heavy atom. The van der Waals surface area contributed by atoms with Gasteiger partial charge in [-0.3, -0.25) is 4.79 Å². The van der Waals surface area contributed by atoms with Crippen molar-refractivity contribution < 1.29 is 28.5 Å². The second kappa shape index (κ2) is 10.2. The van der Waals surface area contributed by atoms with Crippen LogP contribution in [0.25, 0.3) is 0 Å². The van der Waals surface area contributed by atoms with Crippen LogP contribution in [0.1, 0.15) is 36.3 Å². The number of ether oxygens (including phenoxy) is 4. The zero-order chi connectivity index (χ0) is 24.4. The molecule has 7 nitrogen and oxygen atoms in total. The van der Waals surface area contributed by atoms with Gasteiger partial charge in [0.1, 0.15) is 17.9 Å². The van der Waals surface area contributed by atoms with E-state index in [1.54, 1.807) is 12.1 Å². The van der Waals surface area contributed by atoms with Gasteiger partial charge in [-0.25, -0.2) is 4.79 Å². The summed E-state index contributed by atoms with van der Waals surface area (Å²) in [7, 11) is 2.80. The molecule has 1 aliphatic carbocycles. The van der Waals surface area contributed by atoms with Crippen LogP contribution in [0, 0.1) is 0 Å². The molecule has 34 heavy (non-hydrogen) atoms. The molecule has 1 aliphatic heterocycles. The third kappa shape index (κ3) is 4.72. The fourth-order valence-corrected chi connectivity index (χ4v) is 5.02. The van der Waals surface area contributed by atoms with Gasteiger partial charge in [-0.05, 0) is 57.7 Å². The Kier molecular flexibility index (Phi) is 7.33.